The smallest absolute Gasteiger partial charge is 0.241 e. The molecule has 0 bridgehead atoms. The topological polar surface area (TPSA) is 108 Å². The molecule has 2 atom stereocenters. The van der Waals surface area contributed by atoms with Crippen molar-refractivity contribution in [2.45, 2.75) is 44.7 Å². The van der Waals surface area contributed by atoms with Crippen LogP contribution in [0.4, 0.5) is 5.69 Å². The van der Waals surface area contributed by atoms with Crippen LogP contribution in [-0.4, -0.2) is 39.0 Å². The number of nitrogens with zero attached hydrogens (tertiary/aromatic N) is 4. The molecule has 2 heterocycles. The van der Waals surface area contributed by atoms with Crippen molar-refractivity contribution in [3.8, 4) is 5.88 Å². The van der Waals surface area contributed by atoms with E-state index < -0.39 is 6.04 Å². The number of carbonyl (C=O) groups is 1. The molecule has 4 rings (SSSR count). The Bertz CT molecular complexity index is 802. The second-order valence-corrected chi connectivity index (χ2v) is 7.65. The third-order valence-corrected chi connectivity index (χ3v) is 5.68. The van der Waals surface area contributed by atoms with Gasteiger partial charge in [-0.15, -0.1) is 5.10 Å². The monoisotopic (exact) mass is 370 g/mol. The van der Waals surface area contributed by atoms with Crippen LogP contribution in [0.15, 0.2) is 24.7 Å². The van der Waals surface area contributed by atoms with Crippen LogP contribution in [0.2, 0.25) is 0 Å². The van der Waals surface area contributed by atoms with E-state index in [4.69, 9.17) is 10.5 Å². The maximum atomic E-state index is 12.7. The number of anilines is 1. The Morgan fingerprint density at radius 1 is 1.33 bits per heavy atom. The molecule has 0 aromatic carbocycles. The molecule has 0 saturated heterocycles. The largest absolute Gasteiger partial charge is 0.480 e. The van der Waals surface area contributed by atoms with Gasteiger partial charge in [-0.3, -0.25) is 9.48 Å². The average molecular weight is 370 g/mol. The Balaban J connectivity index is 1.43. The first-order valence-electron chi connectivity index (χ1n) is 9.54. The number of rotatable bonds is 8. The summed E-state index contributed by atoms with van der Waals surface area (Å²) in [7, 11) is 1.56. The second kappa shape index (κ2) is 7.26. The Kier molecular flexibility index (Phi) is 4.82. The normalized spacial score (nSPS) is 19.0. The fourth-order valence-electron chi connectivity index (χ4n) is 3.90. The average Bonchev–Trinajstić information content (AvgIpc) is 3.62. The van der Waals surface area contributed by atoms with Crippen LogP contribution in [0.25, 0.3) is 0 Å². The summed E-state index contributed by atoms with van der Waals surface area (Å²) >= 11 is 0. The molecule has 8 nitrogen and oxygen atoms in total. The molecule has 2 aromatic rings. The van der Waals surface area contributed by atoms with E-state index in [0.717, 1.165) is 5.56 Å². The number of carbonyl (C=O) groups excluding carboxylic acids is 1. The minimum absolute atomic E-state index is 0.111. The first-order chi connectivity index (χ1) is 13.1. The highest BCUT2D eigenvalue weighted by Gasteiger charge is 2.46. The van der Waals surface area contributed by atoms with E-state index in [1.165, 1.54) is 25.7 Å². The van der Waals surface area contributed by atoms with Crippen LogP contribution in [0.3, 0.4) is 0 Å². The zero-order chi connectivity index (χ0) is 19.0. The minimum Gasteiger partial charge on any atom is -0.480 e. The summed E-state index contributed by atoms with van der Waals surface area (Å²) in [5, 5.41) is 15.1. The molecule has 0 spiro atoms. The molecule has 8 heteroatoms. The first-order valence-corrected chi connectivity index (χ1v) is 9.54. The standard InChI is InChI=1S/C19H26N6O2/c1-11(15-7-8-21-24-19(15)27-2)25-10-14(9-22-25)23-18(26)17(20)16(12-3-4-12)13-5-6-13/h7-13,16-17H,3-6,20H2,1-2H3,(H,23,26). The van der Waals surface area contributed by atoms with Gasteiger partial charge in [-0.05, 0) is 56.4 Å². The van der Waals surface area contributed by atoms with Crippen molar-refractivity contribution in [3.05, 3.63) is 30.2 Å². The van der Waals surface area contributed by atoms with Gasteiger partial charge in [-0.2, -0.15) is 10.2 Å². The molecule has 2 unspecified atom stereocenters. The third kappa shape index (κ3) is 3.80. The maximum absolute atomic E-state index is 12.7. The zero-order valence-corrected chi connectivity index (χ0v) is 15.7. The second-order valence-electron chi connectivity index (χ2n) is 7.65. The van der Waals surface area contributed by atoms with Gasteiger partial charge in [0.2, 0.25) is 11.8 Å². The van der Waals surface area contributed by atoms with E-state index in [0.29, 0.717) is 29.3 Å². The summed E-state index contributed by atoms with van der Waals surface area (Å²) in [6.07, 6.45) is 9.90. The summed E-state index contributed by atoms with van der Waals surface area (Å²) in [5.74, 6) is 1.94. The van der Waals surface area contributed by atoms with Crippen molar-refractivity contribution < 1.29 is 9.53 Å². The predicted octanol–water partition coefficient (Wildman–Crippen LogP) is 1.99. The lowest BCUT2D eigenvalue weighted by atomic mass is 9.89. The van der Waals surface area contributed by atoms with E-state index >= 15 is 0 Å². The summed E-state index contributed by atoms with van der Waals surface area (Å²) in [6, 6.07) is 1.29. The van der Waals surface area contributed by atoms with E-state index in [2.05, 4.69) is 20.6 Å². The van der Waals surface area contributed by atoms with E-state index in [1.54, 1.807) is 30.4 Å². The van der Waals surface area contributed by atoms with Gasteiger partial charge in [0.15, 0.2) is 0 Å². The van der Waals surface area contributed by atoms with E-state index in [-0.39, 0.29) is 11.9 Å². The molecule has 1 amide bonds. The number of hydrogen-bond donors (Lipinski definition) is 2. The van der Waals surface area contributed by atoms with Crippen LogP contribution in [0.5, 0.6) is 5.88 Å². The van der Waals surface area contributed by atoms with Gasteiger partial charge < -0.3 is 15.8 Å². The van der Waals surface area contributed by atoms with Gasteiger partial charge in [0.25, 0.3) is 0 Å². The number of hydrogen-bond acceptors (Lipinski definition) is 6. The molecular weight excluding hydrogens is 344 g/mol. The van der Waals surface area contributed by atoms with Crippen LogP contribution < -0.4 is 15.8 Å². The van der Waals surface area contributed by atoms with E-state index in [9.17, 15) is 4.79 Å². The van der Waals surface area contributed by atoms with Crippen molar-refractivity contribution in [1.29, 1.82) is 0 Å². The first kappa shape index (κ1) is 17.9. The molecule has 2 saturated carbocycles. The maximum Gasteiger partial charge on any atom is 0.241 e. The van der Waals surface area contributed by atoms with Gasteiger partial charge in [0.1, 0.15) is 0 Å². The number of nitrogens with two attached hydrogens (primary N) is 1. The predicted molar refractivity (Wildman–Crippen MR) is 100 cm³/mol. The summed E-state index contributed by atoms with van der Waals surface area (Å²) in [6.45, 7) is 1.99. The molecular formula is C19H26N6O2. The van der Waals surface area contributed by atoms with Crippen molar-refractivity contribution in [1.82, 2.24) is 20.0 Å². The number of ether oxygens (including phenoxy) is 1. The Labute approximate surface area is 158 Å². The summed E-state index contributed by atoms with van der Waals surface area (Å²) in [4.78, 5) is 12.7. The van der Waals surface area contributed by atoms with E-state index in [1.807, 2.05) is 13.0 Å². The molecule has 0 radical (unpaired) electrons. The Morgan fingerprint density at radius 2 is 2.04 bits per heavy atom. The van der Waals surface area contributed by atoms with Crippen LogP contribution in [0, 0.1) is 17.8 Å². The van der Waals surface area contributed by atoms with Crippen LogP contribution in [-0.2, 0) is 4.79 Å². The highest BCUT2D eigenvalue weighted by atomic mass is 16.5. The molecule has 2 aliphatic carbocycles. The molecule has 3 N–H and O–H groups in total. The van der Waals surface area contributed by atoms with Crippen molar-refractivity contribution >= 4 is 11.6 Å². The lowest BCUT2D eigenvalue weighted by molar-refractivity contribution is -0.118. The van der Waals surface area contributed by atoms with Crippen molar-refractivity contribution in [3.63, 3.8) is 0 Å². The number of aromatic nitrogens is 4. The van der Waals surface area contributed by atoms with Gasteiger partial charge in [-0.1, -0.05) is 0 Å². The summed E-state index contributed by atoms with van der Waals surface area (Å²) < 4.78 is 7.04. The van der Waals surface area contributed by atoms with Gasteiger partial charge in [0, 0.05) is 11.8 Å². The van der Waals surface area contributed by atoms with Gasteiger partial charge >= 0.3 is 0 Å². The van der Waals surface area contributed by atoms with Crippen molar-refractivity contribution in [2.75, 3.05) is 12.4 Å². The SMILES string of the molecule is COc1nnccc1C(C)n1cc(NC(=O)C(N)C(C2CC2)C2CC2)cn1. The molecule has 27 heavy (non-hydrogen) atoms. The lowest BCUT2D eigenvalue weighted by Crippen LogP contribution is -2.43. The minimum atomic E-state index is -0.449. The molecule has 0 aliphatic heterocycles. The van der Waals surface area contributed by atoms with Crippen LogP contribution >= 0.6 is 0 Å². The Hall–Kier alpha value is -2.48. The van der Waals surface area contributed by atoms with Gasteiger partial charge in [0.05, 0.1) is 37.3 Å². The Morgan fingerprint density at radius 3 is 2.67 bits per heavy atom. The molecule has 144 valence electrons. The number of amides is 1. The fraction of sp³-hybridized carbons (Fsp3) is 0.579. The fourth-order valence-corrected chi connectivity index (χ4v) is 3.90. The molecule has 2 fully saturated rings. The molecule has 2 aliphatic rings. The highest BCUT2D eigenvalue weighted by Crippen LogP contribution is 2.50. The number of nitrogens with one attached hydrogen (secondary N) is 1. The highest BCUT2D eigenvalue weighted by molar-refractivity contribution is 5.94. The number of methoxy groups -OCH3 is 1. The van der Waals surface area contributed by atoms with Gasteiger partial charge in [-0.25, -0.2) is 0 Å². The van der Waals surface area contributed by atoms with Crippen LogP contribution in [0.1, 0.15) is 44.2 Å². The lowest BCUT2D eigenvalue weighted by Gasteiger charge is -2.22. The third-order valence-electron chi connectivity index (χ3n) is 5.68. The summed E-state index contributed by atoms with van der Waals surface area (Å²) in [5.41, 5.74) is 7.83. The zero-order valence-electron chi connectivity index (χ0n) is 15.7. The van der Waals surface area contributed by atoms with Crippen molar-refractivity contribution in [2.24, 2.45) is 23.5 Å². The molecule has 2 aromatic heterocycles. The quantitative estimate of drug-likeness (QED) is 0.736.